The number of hydrogen-bond acceptors (Lipinski definition) is 2. The molecule has 0 aliphatic heterocycles. The molecule has 0 aliphatic rings. The summed E-state index contributed by atoms with van der Waals surface area (Å²) in [5, 5.41) is 8.51. The summed E-state index contributed by atoms with van der Waals surface area (Å²) in [5.74, 6) is -0.377. The Labute approximate surface area is 70.4 Å². The lowest BCUT2D eigenvalue weighted by molar-refractivity contribution is 0.625. The molecule has 12 heavy (non-hydrogen) atoms. The lowest BCUT2D eigenvalue weighted by Gasteiger charge is -1.98. The van der Waals surface area contributed by atoms with E-state index in [4.69, 9.17) is 11.0 Å². The second kappa shape index (κ2) is 3.84. The Kier molecular flexibility index (Phi) is 2.78. The molecular formula is C9H9FN2. The molecule has 0 aliphatic carbocycles. The molecule has 62 valence electrons. The number of rotatable bonds is 2. The average Bonchev–Trinajstić information content (AvgIpc) is 2.04. The van der Waals surface area contributed by atoms with Gasteiger partial charge < -0.3 is 5.73 Å². The highest BCUT2D eigenvalue weighted by Gasteiger charge is 1.98. The summed E-state index contributed by atoms with van der Waals surface area (Å²) in [6, 6.07) is 6.14. The molecule has 0 radical (unpaired) electrons. The van der Waals surface area contributed by atoms with Crippen molar-refractivity contribution in [2.45, 2.75) is 6.42 Å². The van der Waals surface area contributed by atoms with Crippen LogP contribution in [0.3, 0.4) is 0 Å². The van der Waals surface area contributed by atoms with Gasteiger partial charge in [-0.3, -0.25) is 0 Å². The van der Waals surface area contributed by atoms with Gasteiger partial charge in [0.25, 0.3) is 0 Å². The van der Waals surface area contributed by atoms with Gasteiger partial charge in [0.1, 0.15) is 5.82 Å². The molecule has 2 nitrogen and oxygen atoms in total. The second-order valence-corrected chi connectivity index (χ2v) is 2.50. The molecule has 1 aromatic carbocycles. The van der Waals surface area contributed by atoms with Crippen LogP contribution in [0.4, 0.5) is 4.39 Å². The van der Waals surface area contributed by atoms with Crippen LogP contribution in [-0.4, -0.2) is 6.54 Å². The fourth-order valence-electron chi connectivity index (χ4n) is 1.03. The van der Waals surface area contributed by atoms with Crippen molar-refractivity contribution in [2.24, 2.45) is 5.73 Å². The van der Waals surface area contributed by atoms with Crippen molar-refractivity contribution in [2.75, 3.05) is 6.54 Å². The summed E-state index contributed by atoms with van der Waals surface area (Å²) in [6.07, 6.45) is 0.604. The Hall–Kier alpha value is -1.40. The smallest absolute Gasteiger partial charge is 0.124 e. The first kappa shape index (κ1) is 8.69. The zero-order valence-corrected chi connectivity index (χ0v) is 6.55. The molecular weight excluding hydrogens is 155 g/mol. The van der Waals surface area contributed by atoms with Crippen LogP contribution < -0.4 is 5.73 Å². The molecule has 3 heteroatoms. The molecule has 1 rings (SSSR count). The summed E-state index contributed by atoms with van der Waals surface area (Å²) in [5.41, 5.74) is 6.41. The van der Waals surface area contributed by atoms with Crippen LogP contribution in [0.2, 0.25) is 0 Å². The van der Waals surface area contributed by atoms with Gasteiger partial charge >= 0.3 is 0 Å². The van der Waals surface area contributed by atoms with Gasteiger partial charge in [-0.25, -0.2) is 4.39 Å². The minimum Gasteiger partial charge on any atom is -0.330 e. The summed E-state index contributed by atoms with van der Waals surface area (Å²) >= 11 is 0. The van der Waals surface area contributed by atoms with E-state index in [2.05, 4.69) is 0 Å². The van der Waals surface area contributed by atoms with Crippen molar-refractivity contribution in [3.05, 3.63) is 35.1 Å². The van der Waals surface area contributed by atoms with E-state index in [0.29, 0.717) is 18.5 Å². The topological polar surface area (TPSA) is 49.8 Å². The van der Waals surface area contributed by atoms with E-state index >= 15 is 0 Å². The normalized spacial score (nSPS) is 9.42. The Morgan fingerprint density at radius 3 is 2.75 bits per heavy atom. The molecule has 0 spiro atoms. The van der Waals surface area contributed by atoms with Gasteiger partial charge in [-0.1, -0.05) is 0 Å². The highest BCUT2D eigenvalue weighted by Crippen LogP contribution is 2.08. The third-order valence-electron chi connectivity index (χ3n) is 1.52. The maximum Gasteiger partial charge on any atom is 0.124 e. The van der Waals surface area contributed by atoms with E-state index in [1.165, 1.54) is 12.1 Å². The fourth-order valence-corrected chi connectivity index (χ4v) is 1.03. The summed E-state index contributed by atoms with van der Waals surface area (Å²) in [7, 11) is 0. The van der Waals surface area contributed by atoms with Crippen molar-refractivity contribution < 1.29 is 4.39 Å². The van der Waals surface area contributed by atoms with Crippen molar-refractivity contribution in [1.82, 2.24) is 0 Å². The molecule has 0 saturated carbocycles. The first-order chi connectivity index (χ1) is 5.76. The molecule has 0 saturated heterocycles. The van der Waals surface area contributed by atoms with Gasteiger partial charge in [0.2, 0.25) is 0 Å². The standard InChI is InChI=1S/C9H9FN2/c10-9-4-7(1-2-11)3-8(5-9)6-12/h3-5H,1-2,11H2. The molecule has 0 amide bonds. The molecule has 1 aromatic rings. The predicted octanol–water partition coefficient (Wildman–Crippen LogP) is 1.20. The number of nitrogens with two attached hydrogens (primary N) is 1. The largest absolute Gasteiger partial charge is 0.330 e. The number of hydrogen-bond donors (Lipinski definition) is 1. The van der Waals surface area contributed by atoms with Crippen LogP contribution in [0.25, 0.3) is 0 Å². The van der Waals surface area contributed by atoms with Crippen molar-refractivity contribution in [3.8, 4) is 6.07 Å². The molecule has 0 aromatic heterocycles. The van der Waals surface area contributed by atoms with Crippen molar-refractivity contribution in [3.63, 3.8) is 0 Å². The molecule has 0 bridgehead atoms. The first-order valence-electron chi connectivity index (χ1n) is 3.66. The van der Waals surface area contributed by atoms with Crippen LogP contribution >= 0.6 is 0 Å². The molecule has 0 heterocycles. The van der Waals surface area contributed by atoms with Gasteiger partial charge in [0.05, 0.1) is 11.6 Å². The van der Waals surface area contributed by atoms with Crippen molar-refractivity contribution >= 4 is 0 Å². The van der Waals surface area contributed by atoms with Gasteiger partial charge in [-0.2, -0.15) is 5.26 Å². The lowest BCUT2D eigenvalue weighted by atomic mass is 10.1. The van der Waals surface area contributed by atoms with Gasteiger partial charge in [-0.05, 0) is 36.7 Å². The molecule has 2 N–H and O–H groups in total. The minimum atomic E-state index is -0.377. The zero-order valence-electron chi connectivity index (χ0n) is 6.55. The number of nitriles is 1. The zero-order chi connectivity index (χ0) is 8.97. The van der Waals surface area contributed by atoms with Gasteiger partial charge in [0, 0.05) is 0 Å². The van der Waals surface area contributed by atoms with Crippen LogP contribution in [0.1, 0.15) is 11.1 Å². The maximum absolute atomic E-state index is 12.7. The Bertz CT molecular complexity index is 315. The summed E-state index contributed by atoms with van der Waals surface area (Å²) in [6.45, 7) is 0.467. The molecule has 0 atom stereocenters. The minimum absolute atomic E-state index is 0.346. The van der Waals surface area contributed by atoms with Crippen LogP contribution in [0.15, 0.2) is 18.2 Å². The quantitative estimate of drug-likeness (QED) is 0.714. The summed E-state index contributed by atoms with van der Waals surface area (Å²) < 4.78 is 12.7. The predicted molar refractivity (Wildman–Crippen MR) is 43.9 cm³/mol. The summed E-state index contributed by atoms with van der Waals surface area (Å²) in [4.78, 5) is 0. The van der Waals surface area contributed by atoms with E-state index in [1.54, 1.807) is 6.07 Å². The monoisotopic (exact) mass is 164 g/mol. The third kappa shape index (κ3) is 2.04. The van der Waals surface area contributed by atoms with Gasteiger partial charge in [-0.15, -0.1) is 0 Å². The van der Waals surface area contributed by atoms with Crippen LogP contribution in [-0.2, 0) is 6.42 Å². The second-order valence-electron chi connectivity index (χ2n) is 2.50. The van der Waals surface area contributed by atoms with E-state index in [-0.39, 0.29) is 5.82 Å². The van der Waals surface area contributed by atoms with Crippen LogP contribution in [0, 0.1) is 17.1 Å². The lowest BCUT2D eigenvalue weighted by Crippen LogP contribution is -2.03. The third-order valence-corrected chi connectivity index (χ3v) is 1.52. The van der Waals surface area contributed by atoms with E-state index in [0.717, 1.165) is 5.56 Å². The van der Waals surface area contributed by atoms with E-state index in [9.17, 15) is 4.39 Å². The molecule has 0 unspecified atom stereocenters. The van der Waals surface area contributed by atoms with E-state index < -0.39 is 0 Å². The maximum atomic E-state index is 12.7. The highest BCUT2D eigenvalue weighted by atomic mass is 19.1. The number of nitrogens with zero attached hydrogens (tertiary/aromatic N) is 1. The number of halogens is 1. The number of benzene rings is 1. The van der Waals surface area contributed by atoms with Gasteiger partial charge in [0.15, 0.2) is 0 Å². The Morgan fingerprint density at radius 2 is 2.17 bits per heavy atom. The van der Waals surface area contributed by atoms with Crippen molar-refractivity contribution in [1.29, 1.82) is 5.26 Å². The SMILES string of the molecule is N#Cc1cc(F)cc(CCN)c1. The van der Waals surface area contributed by atoms with Crippen LogP contribution in [0.5, 0.6) is 0 Å². The highest BCUT2D eigenvalue weighted by molar-refractivity contribution is 5.33. The first-order valence-corrected chi connectivity index (χ1v) is 3.66. The molecule has 0 fully saturated rings. The Balaban J connectivity index is 3.00. The van der Waals surface area contributed by atoms with E-state index in [1.807, 2.05) is 6.07 Å². The fraction of sp³-hybridized carbons (Fsp3) is 0.222. The average molecular weight is 164 g/mol. The Morgan fingerprint density at radius 1 is 1.42 bits per heavy atom.